The van der Waals surface area contributed by atoms with Crippen molar-refractivity contribution in [1.29, 1.82) is 0 Å². The molecule has 4 heteroatoms. The smallest absolute Gasteiger partial charge is 0.322 e. The maximum absolute atomic E-state index is 12.4. The fraction of sp³-hybridized carbons (Fsp3) is 0.611. The molecule has 4 nitrogen and oxygen atoms in total. The Morgan fingerprint density at radius 3 is 2.68 bits per heavy atom. The normalized spacial score (nSPS) is 21.7. The number of anilines is 1. The van der Waals surface area contributed by atoms with Crippen LogP contribution in [0.25, 0.3) is 0 Å². The third kappa shape index (κ3) is 4.47. The highest BCUT2D eigenvalue weighted by Gasteiger charge is 2.29. The monoisotopic (exact) mass is 304 g/mol. The van der Waals surface area contributed by atoms with Gasteiger partial charge >= 0.3 is 6.03 Å². The van der Waals surface area contributed by atoms with Crippen molar-refractivity contribution in [2.24, 2.45) is 0 Å². The van der Waals surface area contributed by atoms with Gasteiger partial charge < -0.3 is 15.3 Å². The first-order valence-corrected chi connectivity index (χ1v) is 8.48. The lowest BCUT2D eigenvalue weighted by molar-refractivity contribution is 0.0613. The summed E-state index contributed by atoms with van der Waals surface area (Å²) in [6.07, 6.45) is 5.43. The van der Waals surface area contributed by atoms with E-state index in [9.17, 15) is 9.90 Å². The maximum Gasteiger partial charge on any atom is 0.322 e. The number of unbranched alkanes of at least 4 members (excludes halogenated alkanes) is 1. The van der Waals surface area contributed by atoms with Crippen molar-refractivity contribution < 1.29 is 9.90 Å². The van der Waals surface area contributed by atoms with E-state index in [1.165, 1.54) is 18.4 Å². The number of hydrogen-bond donors (Lipinski definition) is 2. The lowest BCUT2D eigenvalue weighted by Crippen LogP contribution is -2.49. The standard InChI is InChI=1S/C18H28N2O2/c1-3-5-6-14-7-9-15(10-8-14)19-18(22)20-12-11-17(21)13-16(20)4-2/h7-10,16-17,21H,3-6,11-13H2,1-2H3,(H,19,22)/t16-,17-/m0/s1. The van der Waals surface area contributed by atoms with E-state index in [2.05, 4.69) is 31.3 Å². The summed E-state index contributed by atoms with van der Waals surface area (Å²) in [6, 6.07) is 8.20. The molecule has 1 fully saturated rings. The number of carbonyl (C=O) groups is 1. The molecule has 0 aliphatic carbocycles. The number of piperidine rings is 1. The van der Waals surface area contributed by atoms with Gasteiger partial charge in [-0.3, -0.25) is 0 Å². The van der Waals surface area contributed by atoms with Crippen molar-refractivity contribution in [2.45, 2.75) is 64.5 Å². The van der Waals surface area contributed by atoms with E-state index in [1.807, 2.05) is 17.0 Å². The quantitative estimate of drug-likeness (QED) is 0.869. The van der Waals surface area contributed by atoms with Gasteiger partial charge in [-0.05, 0) is 49.8 Å². The highest BCUT2D eigenvalue weighted by atomic mass is 16.3. The van der Waals surface area contributed by atoms with Gasteiger partial charge in [0.05, 0.1) is 6.10 Å². The molecule has 1 aliphatic heterocycles. The summed E-state index contributed by atoms with van der Waals surface area (Å²) >= 11 is 0. The highest BCUT2D eigenvalue weighted by molar-refractivity contribution is 5.89. The van der Waals surface area contributed by atoms with Gasteiger partial charge in [0.1, 0.15) is 0 Å². The molecule has 2 N–H and O–H groups in total. The van der Waals surface area contributed by atoms with Crippen LogP contribution in [0.1, 0.15) is 51.5 Å². The first-order valence-electron chi connectivity index (χ1n) is 8.48. The minimum Gasteiger partial charge on any atom is -0.393 e. The first-order chi connectivity index (χ1) is 10.6. The van der Waals surface area contributed by atoms with Crippen LogP contribution < -0.4 is 5.32 Å². The Morgan fingerprint density at radius 1 is 1.32 bits per heavy atom. The molecule has 0 unspecified atom stereocenters. The van der Waals surface area contributed by atoms with Crippen molar-refractivity contribution >= 4 is 11.7 Å². The Bertz CT molecular complexity index is 472. The Hall–Kier alpha value is -1.55. The third-order valence-corrected chi connectivity index (χ3v) is 4.44. The molecule has 122 valence electrons. The zero-order valence-corrected chi connectivity index (χ0v) is 13.7. The summed E-state index contributed by atoms with van der Waals surface area (Å²) in [5.41, 5.74) is 2.15. The number of likely N-dealkylation sites (tertiary alicyclic amines) is 1. The van der Waals surface area contributed by atoms with E-state index in [4.69, 9.17) is 0 Å². The van der Waals surface area contributed by atoms with E-state index in [0.717, 1.165) is 18.5 Å². The fourth-order valence-electron chi connectivity index (χ4n) is 3.02. The number of aliphatic hydroxyl groups is 1. The van der Waals surface area contributed by atoms with Gasteiger partial charge in [0, 0.05) is 18.3 Å². The van der Waals surface area contributed by atoms with Crippen LogP contribution in [0.4, 0.5) is 10.5 Å². The van der Waals surface area contributed by atoms with Crippen LogP contribution in [0.2, 0.25) is 0 Å². The highest BCUT2D eigenvalue weighted by Crippen LogP contribution is 2.21. The molecule has 0 spiro atoms. The number of aliphatic hydroxyl groups excluding tert-OH is 1. The maximum atomic E-state index is 12.4. The van der Waals surface area contributed by atoms with Gasteiger partial charge in [-0.25, -0.2) is 4.79 Å². The van der Waals surface area contributed by atoms with Crippen LogP contribution in [-0.2, 0) is 6.42 Å². The molecule has 2 atom stereocenters. The number of hydrogen-bond acceptors (Lipinski definition) is 2. The van der Waals surface area contributed by atoms with Gasteiger partial charge in [0.2, 0.25) is 0 Å². The zero-order valence-electron chi connectivity index (χ0n) is 13.7. The second-order valence-corrected chi connectivity index (χ2v) is 6.16. The predicted molar refractivity (Wildman–Crippen MR) is 90.1 cm³/mol. The van der Waals surface area contributed by atoms with Crippen LogP contribution in [0.3, 0.4) is 0 Å². The fourth-order valence-corrected chi connectivity index (χ4v) is 3.02. The van der Waals surface area contributed by atoms with E-state index < -0.39 is 0 Å². The SMILES string of the molecule is CCCCc1ccc(NC(=O)N2CC[C@H](O)C[C@@H]2CC)cc1. The molecule has 2 rings (SSSR count). The van der Waals surface area contributed by atoms with Crippen molar-refractivity contribution in [3.63, 3.8) is 0 Å². The van der Waals surface area contributed by atoms with Gasteiger partial charge in [-0.2, -0.15) is 0 Å². The summed E-state index contributed by atoms with van der Waals surface area (Å²) in [5, 5.41) is 12.7. The van der Waals surface area contributed by atoms with E-state index >= 15 is 0 Å². The van der Waals surface area contributed by atoms with E-state index in [0.29, 0.717) is 19.4 Å². The predicted octanol–water partition coefficient (Wildman–Crippen LogP) is 3.80. The minimum atomic E-state index is -0.271. The second kappa shape index (κ2) is 8.18. The number of rotatable bonds is 5. The van der Waals surface area contributed by atoms with E-state index in [-0.39, 0.29) is 18.2 Å². The molecule has 1 heterocycles. The van der Waals surface area contributed by atoms with Crippen molar-refractivity contribution in [1.82, 2.24) is 4.90 Å². The van der Waals surface area contributed by atoms with Gasteiger partial charge in [0.15, 0.2) is 0 Å². The largest absolute Gasteiger partial charge is 0.393 e. The van der Waals surface area contributed by atoms with Gasteiger partial charge in [-0.1, -0.05) is 32.4 Å². The van der Waals surface area contributed by atoms with Crippen LogP contribution >= 0.6 is 0 Å². The van der Waals surface area contributed by atoms with Crippen LogP contribution in [0.15, 0.2) is 24.3 Å². The molecule has 0 aromatic heterocycles. The Labute approximate surface area is 133 Å². The van der Waals surface area contributed by atoms with Crippen LogP contribution in [-0.4, -0.2) is 34.7 Å². The van der Waals surface area contributed by atoms with Crippen molar-refractivity contribution in [2.75, 3.05) is 11.9 Å². The second-order valence-electron chi connectivity index (χ2n) is 6.16. The Morgan fingerprint density at radius 2 is 2.05 bits per heavy atom. The zero-order chi connectivity index (χ0) is 15.9. The third-order valence-electron chi connectivity index (χ3n) is 4.44. The first kappa shape index (κ1) is 16.8. The van der Waals surface area contributed by atoms with Crippen LogP contribution in [0, 0.1) is 0 Å². The number of carbonyl (C=O) groups excluding carboxylic acids is 1. The average Bonchev–Trinajstić information content (AvgIpc) is 2.54. The summed E-state index contributed by atoms with van der Waals surface area (Å²) in [7, 11) is 0. The minimum absolute atomic E-state index is 0.0555. The molecule has 1 aliphatic rings. The van der Waals surface area contributed by atoms with E-state index in [1.54, 1.807) is 0 Å². The Kier molecular flexibility index (Phi) is 6.25. The number of benzene rings is 1. The molecule has 1 aromatic carbocycles. The molecule has 0 saturated carbocycles. The molecule has 2 amide bonds. The number of aryl methyl sites for hydroxylation is 1. The number of amides is 2. The van der Waals surface area contributed by atoms with Crippen molar-refractivity contribution in [3.05, 3.63) is 29.8 Å². The lowest BCUT2D eigenvalue weighted by Gasteiger charge is -2.37. The topological polar surface area (TPSA) is 52.6 Å². The van der Waals surface area contributed by atoms with Gasteiger partial charge in [0.25, 0.3) is 0 Å². The Balaban J connectivity index is 1.93. The molecule has 1 saturated heterocycles. The molecular weight excluding hydrogens is 276 g/mol. The molecule has 1 aromatic rings. The summed E-state index contributed by atoms with van der Waals surface area (Å²) in [5.74, 6) is 0. The number of urea groups is 1. The van der Waals surface area contributed by atoms with Gasteiger partial charge in [-0.15, -0.1) is 0 Å². The lowest BCUT2D eigenvalue weighted by atomic mass is 9.98. The molecule has 0 bridgehead atoms. The average molecular weight is 304 g/mol. The number of nitrogens with one attached hydrogen (secondary N) is 1. The molecule has 22 heavy (non-hydrogen) atoms. The van der Waals surface area contributed by atoms with Crippen molar-refractivity contribution in [3.8, 4) is 0 Å². The molecular formula is C18H28N2O2. The summed E-state index contributed by atoms with van der Waals surface area (Å²) in [4.78, 5) is 14.3. The summed E-state index contributed by atoms with van der Waals surface area (Å²) in [6.45, 7) is 4.87. The summed E-state index contributed by atoms with van der Waals surface area (Å²) < 4.78 is 0. The molecule has 0 radical (unpaired) electrons. The van der Waals surface area contributed by atoms with Crippen LogP contribution in [0.5, 0.6) is 0 Å². The number of nitrogens with zero attached hydrogens (tertiary/aromatic N) is 1.